The number of hydrogen-bond acceptors (Lipinski definition) is 2. The van der Waals surface area contributed by atoms with Gasteiger partial charge in [0.25, 0.3) is 0 Å². The predicted molar refractivity (Wildman–Crippen MR) is 39.1 cm³/mol. The second-order valence-electron chi connectivity index (χ2n) is 4.35. The van der Waals surface area contributed by atoms with Crippen molar-refractivity contribution in [2.45, 2.75) is 31.3 Å². The summed E-state index contributed by atoms with van der Waals surface area (Å²) in [5.41, 5.74) is 0. The van der Waals surface area contributed by atoms with Gasteiger partial charge in [0.2, 0.25) is 0 Å². The fourth-order valence-corrected chi connectivity index (χ4v) is 3.25. The van der Waals surface area contributed by atoms with Crippen LogP contribution in [-0.2, 0) is 9.53 Å². The van der Waals surface area contributed by atoms with E-state index in [2.05, 4.69) is 0 Å². The van der Waals surface area contributed by atoms with E-state index in [1.54, 1.807) is 0 Å². The molecule has 13 heavy (non-hydrogen) atoms. The molecule has 4 atom stereocenters. The largest absolute Gasteiger partial charge is 0.457 e. The van der Waals surface area contributed by atoms with Gasteiger partial charge in [-0.2, -0.15) is 8.78 Å². The van der Waals surface area contributed by atoms with E-state index in [1.165, 1.54) is 0 Å². The van der Waals surface area contributed by atoms with Crippen molar-refractivity contribution >= 4 is 5.97 Å². The fourth-order valence-electron chi connectivity index (χ4n) is 3.25. The number of carbonyl (C=O) groups excluding carboxylic acids is 1. The van der Waals surface area contributed by atoms with Crippen molar-refractivity contribution in [1.82, 2.24) is 0 Å². The second-order valence-corrected chi connectivity index (χ2v) is 4.35. The van der Waals surface area contributed by atoms with Crippen LogP contribution in [0.5, 0.6) is 0 Å². The molecule has 0 unspecified atom stereocenters. The van der Waals surface area contributed by atoms with E-state index < -0.39 is 23.9 Å². The van der Waals surface area contributed by atoms with Crippen molar-refractivity contribution in [1.29, 1.82) is 0 Å². The number of hydrogen-bond donors (Lipinski definition) is 0. The van der Waals surface area contributed by atoms with Gasteiger partial charge in [-0.15, -0.1) is 0 Å². The topological polar surface area (TPSA) is 26.3 Å². The molecule has 4 heteroatoms. The number of ether oxygens (including phenoxy) is 1. The zero-order valence-electron chi connectivity index (χ0n) is 7.00. The van der Waals surface area contributed by atoms with Crippen molar-refractivity contribution in [2.24, 2.45) is 17.8 Å². The maximum atomic E-state index is 13.3. The third kappa shape index (κ3) is 0.747. The minimum absolute atomic E-state index is 0.0245. The summed E-state index contributed by atoms with van der Waals surface area (Å²) in [4.78, 5) is 10.9. The number of fused-ring (bicyclic) bond motifs is 5. The molecule has 0 spiro atoms. The molecule has 0 aromatic heterocycles. The van der Waals surface area contributed by atoms with Gasteiger partial charge >= 0.3 is 11.9 Å². The summed E-state index contributed by atoms with van der Waals surface area (Å²) in [6, 6.07) is 0. The second kappa shape index (κ2) is 2.04. The van der Waals surface area contributed by atoms with Gasteiger partial charge in [0.15, 0.2) is 0 Å². The summed E-state index contributed by atoms with van der Waals surface area (Å²) in [6.45, 7) is 0. The van der Waals surface area contributed by atoms with E-state index in [1.807, 2.05) is 0 Å². The van der Waals surface area contributed by atoms with E-state index in [-0.39, 0.29) is 11.8 Å². The summed E-state index contributed by atoms with van der Waals surface area (Å²) in [7, 11) is 0. The average molecular weight is 188 g/mol. The van der Waals surface area contributed by atoms with Crippen LogP contribution in [0.15, 0.2) is 0 Å². The quantitative estimate of drug-likeness (QED) is 0.539. The molecule has 2 saturated carbocycles. The third-order valence-corrected chi connectivity index (χ3v) is 3.77. The van der Waals surface area contributed by atoms with Crippen molar-refractivity contribution < 1.29 is 18.3 Å². The van der Waals surface area contributed by atoms with Gasteiger partial charge < -0.3 is 4.74 Å². The van der Waals surface area contributed by atoms with Gasteiger partial charge in [0, 0.05) is 0 Å². The van der Waals surface area contributed by atoms with E-state index in [9.17, 15) is 13.6 Å². The van der Waals surface area contributed by atoms with Crippen LogP contribution in [0.1, 0.15) is 19.3 Å². The molecule has 2 bridgehead atoms. The van der Waals surface area contributed by atoms with Crippen LogP contribution in [0, 0.1) is 17.8 Å². The molecule has 1 heterocycles. The lowest BCUT2D eigenvalue weighted by Crippen LogP contribution is -2.36. The molecular weight excluding hydrogens is 178 g/mol. The minimum Gasteiger partial charge on any atom is -0.457 e. The Morgan fingerprint density at radius 3 is 2.69 bits per heavy atom. The molecule has 2 aliphatic carbocycles. The Bertz CT molecular complexity index is 277. The molecule has 0 amide bonds. The normalized spacial score (nSPS) is 50.8. The number of esters is 1. The summed E-state index contributed by atoms with van der Waals surface area (Å²) in [5.74, 6) is -5.06. The average Bonchev–Trinajstić information content (AvgIpc) is 2.66. The molecule has 1 aliphatic heterocycles. The van der Waals surface area contributed by atoms with Crippen LogP contribution >= 0.6 is 0 Å². The van der Waals surface area contributed by atoms with Gasteiger partial charge in [-0.05, 0) is 31.1 Å². The zero-order valence-corrected chi connectivity index (χ0v) is 7.00. The van der Waals surface area contributed by atoms with E-state index >= 15 is 0 Å². The van der Waals surface area contributed by atoms with Crippen molar-refractivity contribution in [3.8, 4) is 0 Å². The maximum absolute atomic E-state index is 13.3. The fraction of sp³-hybridized carbons (Fsp3) is 0.889. The Kier molecular flexibility index (Phi) is 1.21. The SMILES string of the molecule is O=C1O[C@H]2[C@H]3CC[C@H](C3)[C@H]2C1(F)F. The van der Waals surface area contributed by atoms with Crippen molar-refractivity contribution in [3.05, 3.63) is 0 Å². The number of rotatable bonds is 0. The summed E-state index contributed by atoms with van der Waals surface area (Å²) in [6.07, 6.45) is 2.16. The van der Waals surface area contributed by atoms with E-state index in [4.69, 9.17) is 4.74 Å². The van der Waals surface area contributed by atoms with E-state index in [0.29, 0.717) is 0 Å². The molecule has 72 valence electrons. The standard InChI is InChI=1S/C9H10F2O2/c10-9(11)6-4-1-2-5(3-4)7(6)13-8(9)12/h4-7H,1-3H2/t4-,5+,6-,7+/m1/s1. The molecule has 0 N–H and O–H groups in total. The smallest absolute Gasteiger partial charge is 0.377 e. The van der Waals surface area contributed by atoms with Crippen LogP contribution in [0.2, 0.25) is 0 Å². The first-order chi connectivity index (χ1) is 6.10. The van der Waals surface area contributed by atoms with Crippen LogP contribution in [0.25, 0.3) is 0 Å². The lowest BCUT2D eigenvalue weighted by molar-refractivity contribution is -0.162. The van der Waals surface area contributed by atoms with E-state index in [0.717, 1.165) is 19.3 Å². The number of alkyl halides is 2. The highest BCUT2D eigenvalue weighted by atomic mass is 19.3. The monoisotopic (exact) mass is 188 g/mol. The first-order valence-corrected chi connectivity index (χ1v) is 4.69. The summed E-state index contributed by atoms with van der Waals surface area (Å²) >= 11 is 0. The molecule has 2 nitrogen and oxygen atoms in total. The maximum Gasteiger partial charge on any atom is 0.377 e. The van der Waals surface area contributed by atoms with Gasteiger partial charge in [-0.3, -0.25) is 0 Å². The Hall–Kier alpha value is -0.670. The Morgan fingerprint density at radius 2 is 2.00 bits per heavy atom. The highest BCUT2D eigenvalue weighted by Gasteiger charge is 2.68. The summed E-state index contributed by atoms with van der Waals surface area (Å²) < 4.78 is 31.3. The molecule has 0 radical (unpaired) electrons. The van der Waals surface area contributed by atoms with Gasteiger partial charge in [-0.25, -0.2) is 4.79 Å². The molecular formula is C9H10F2O2. The lowest BCUT2D eigenvalue weighted by Gasteiger charge is -2.23. The lowest BCUT2D eigenvalue weighted by atomic mass is 9.84. The molecule has 0 aromatic carbocycles. The molecule has 3 rings (SSSR count). The van der Waals surface area contributed by atoms with Crippen LogP contribution < -0.4 is 0 Å². The molecule has 3 fully saturated rings. The van der Waals surface area contributed by atoms with Gasteiger partial charge in [0.1, 0.15) is 6.10 Å². The Morgan fingerprint density at radius 1 is 1.31 bits per heavy atom. The van der Waals surface area contributed by atoms with Gasteiger partial charge in [-0.1, -0.05) is 0 Å². The minimum atomic E-state index is -3.20. The molecule has 3 aliphatic rings. The predicted octanol–water partition coefficient (Wildman–Crippen LogP) is 1.59. The van der Waals surface area contributed by atoms with Crippen LogP contribution in [0.4, 0.5) is 8.78 Å². The first-order valence-electron chi connectivity index (χ1n) is 4.69. The van der Waals surface area contributed by atoms with Crippen LogP contribution in [0.3, 0.4) is 0 Å². The number of halogens is 2. The zero-order chi connectivity index (χ0) is 9.22. The van der Waals surface area contributed by atoms with Gasteiger partial charge in [0.05, 0.1) is 5.92 Å². The third-order valence-electron chi connectivity index (χ3n) is 3.77. The van der Waals surface area contributed by atoms with Crippen molar-refractivity contribution in [3.63, 3.8) is 0 Å². The Labute approximate surface area is 74.2 Å². The highest BCUT2D eigenvalue weighted by Crippen LogP contribution is 2.58. The molecule has 1 saturated heterocycles. The van der Waals surface area contributed by atoms with Crippen LogP contribution in [-0.4, -0.2) is 18.0 Å². The highest BCUT2D eigenvalue weighted by molar-refractivity contribution is 5.80. The Balaban J connectivity index is 2.00. The summed E-state index contributed by atoms with van der Waals surface area (Å²) in [5, 5.41) is 0. The number of carbonyl (C=O) groups is 1. The molecule has 0 aromatic rings. The van der Waals surface area contributed by atoms with Crippen molar-refractivity contribution in [2.75, 3.05) is 0 Å². The first kappa shape index (κ1) is 7.71.